The summed E-state index contributed by atoms with van der Waals surface area (Å²) in [6.07, 6.45) is 4.92. The van der Waals surface area contributed by atoms with E-state index in [0.717, 1.165) is 5.56 Å². The van der Waals surface area contributed by atoms with Crippen LogP contribution in [0.5, 0.6) is 0 Å². The molecule has 0 saturated carbocycles. The fourth-order valence-electron chi connectivity index (χ4n) is 1.18. The Balaban J connectivity index is 2.72. The van der Waals surface area contributed by atoms with E-state index < -0.39 is 5.97 Å². The van der Waals surface area contributed by atoms with E-state index in [1.165, 1.54) is 6.08 Å². The number of nitriles is 1. The summed E-state index contributed by atoms with van der Waals surface area (Å²) in [6.45, 7) is 1.97. The number of allylic oxidation sites excluding steroid dienone is 2. The molecule has 3 heteroatoms. The summed E-state index contributed by atoms with van der Waals surface area (Å²) in [7, 11) is 0. The van der Waals surface area contributed by atoms with E-state index >= 15 is 0 Å². The van der Waals surface area contributed by atoms with Gasteiger partial charge in [0.2, 0.25) is 0 Å². The van der Waals surface area contributed by atoms with E-state index in [2.05, 4.69) is 0 Å². The van der Waals surface area contributed by atoms with Gasteiger partial charge in [0.25, 0.3) is 0 Å². The quantitative estimate of drug-likeness (QED) is 0.344. The highest BCUT2D eigenvalue weighted by atomic mass is 16.5. The van der Waals surface area contributed by atoms with Crippen molar-refractivity contribution in [1.82, 2.24) is 0 Å². The molecule has 0 N–H and O–H groups in total. The second-order valence-corrected chi connectivity index (χ2v) is 3.18. The number of carbonyl (C=O) groups excluding carboxylic acids is 1. The van der Waals surface area contributed by atoms with Gasteiger partial charge in [-0.2, -0.15) is 5.26 Å². The molecule has 0 aliphatic heterocycles. The topological polar surface area (TPSA) is 50.1 Å². The molecule has 0 radical (unpaired) electrons. The van der Waals surface area contributed by atoms with E-state index in [-0.39, 0.29) is 12.2 Å². The number of hydrogen-bond acceptors (Lipinski definition) is 3. The third kappa shape index (κ3) is 4.35. The van der Waals surface area contributed by atoms with E-state index in [1.54, 1.807) is 13.0 Å². The molecule has 0 aromatic heterocycles. The third-order valence-corrected chi connectivity index (χ3v) is 1.97. The third-order valence-electron chi connectivity index (χ3n) is 1.97. The maximum Gasteiger partial charge on any atom is 0.348 e. The van der Waals surface area contributed by atoms with Gasteiger partial charge in [-0.3, -0.25) is 0 Å². The lowest BCUT2D eigenvalue weighted by atomic mass is 10.2. The van der Waals surface area contributed by atoms with Crippen LogP contribution in [0.4, 0.5) is 0 Å². The van der Waals surface area contributed by atoms with Crippen molar-refractivity contribution in [3.63, 3.8) is 0 Å². The molecule has 0 bridgehead atoms. The number of hydrogen-bond donors (Lipinski definition) is 0. The molecule has 0 spiro atoms. The molecule has 0 amide bonds. The minimum absolute atomic E-state index is 0.000897. The lowest BCUT2D eigenvalue weighted by molar-refractivity contribution is -0.138. The van der Waals surface area contributed by atoms with Crippen molar-refractivity contribution in [2.45, 2.75) is 6.92 Å². The lowest BCUT2D eigenvalue weighted by Gasteiger charge is -1.97. The van der Waals surface area contributed by atoms with Gasteiger partial charge in [-0.1, -0.05) is 42.5 Å². The minimum atomic E-state index is -0.590. The number of esters is 1. The van der Waals surface area contributed by atoms with Gasteiger partial charge < -0.3 is 4.74 Å². The number of rotatable bonds is 4. The van der Waals surface area contributed by atoms with E-state index in [1.807, 2.05) is 42.5 Å². The maximum absolute atomic E-state index is 11.3. The summed E-state index contributed by atoms with van der Waals surface area (Å²) in [4.78, 5) is 11.3. The fourth-order valence-corrected chi connectivity index (χ4v) is 1.18. The molecule has 0 aliphatic carbocycles. The van der Waals surface area contributed by atoms with Crippen molar-refractivity contribution < 1.29 is 9.53 Å². The largest absolute Gasteiger partial charge is 0.462 e. The zero-order valence-electron chi connectivity index (χ0n) is 9.59. The monoisotopic (exact) mass is 227 g/mol. The predicted octanol–water partition coefficient (Wildman–Crippen LogP) is 2.71. The van der Waals surface area contributed by atoms with Crippen LogP contribution in [0.3, 0.4) is 0 Å². The van der Waals surface area contributed by atoms with Crippen molar-refractivity contribution in [1.29, 1.82) is 5.26 Å². The molecule has 1 rings (SSSR count). The Hall–Kier alpha value is -2.34. The van der Waals surface area contributed by atoms with Gasteiger partial charge in [0.05, 0.1) is 6.61 Å². The number of carbonyl (C=O) groups is 1. The van der Waals surface area contributed by atoms with E-state index in [4.69, 9.17) is 10.00 Å². The Labute approximate surface area is 101 Å². The molecule has 0 unspecified atom stereocenters. The first kappa shape index (κ1) is 12.7. The Kier molecular flexibility index (Phi) is 5.26. The van der Waals surface area contributed by atoms with Gasteiger partial charge in [-0.25, -0.2) is 4.79 Å². The van der Waals surface area contributed by atoms with Crippen LogP contribution in [0.25, 0.3) is 6.08 Å². The second kappa shape index (κ2) is 7.02. The molecule has 3 nitrogen and oxygen atoms in total. The fraction of sp³-hybridized carbons (Fsp3) is 0.143. The van der Waals surface area contributed by atoms with Gasteiger partial charge in [0.1, 0.15) is 11.6 Å². The second-order valence-electron chi connectivity index (χ2n) is 3.18. The molecule has 1 aromatic carbocycles. The van der Waals surface area contributed by atoms with Crippen LogP contribution in [0.15, 0.2) is 48.1 Å². The molecule has 0 saturated heterocycles. The number of nitrogens with zero attached hydrogens (tertiary/aromatic N) is 1. The molecule has 17 heavy (non-hydrogen) atoms. The Morgan fingerprint density at radius 2 is 2.12 bits per heavy atom. The van der Waals surface area contributed by atoms with Crippen LogP contribution < -0.4 is 0 Å². The normalized spacial score (nSPS) is 11.2. The van der Waals surface area contributed by atoms with Crippen molar-refractivity contribution in [2.75, 3.05) is 6.61 Å². The predicted molar refractivity (Wildman–Crippen MR) is 65.8 cm³/mol. The van der Waals surface area contributed by atoms with Crippen LogP contribution in [-0.4, -0.2) is 12.6 Å². The summed E-state index contributed by atoms with van der Waals surface area (Å²) >= 11 is 0. The molecular weight excluding hydrogens is 214 g/mol. The molecule has 0 heterocycles. The van der Waals surface area contributed by atoms with Crippen molar-refractivity contribution in [3.8, 4) is 6.07 Å². The number of ether oxygens (including phenoxy) is 1. The highest BCUT2D eigenvalue weighted by Gasteiger charge is 2.07. The zero-order valence-corrected chi connectivity index (χ0v) is 9.59. The highest BCUT2D eigenvalue weighted by molar-refractivity contribution is 5.93. The van der Waals surface area contributed by atoms with E-state index in [0.29, 0.717) is 0 Å². The van der Waals surface area contributed by atoms with Crippen LogP contribution in [-0.2, 0) is 9.53 Å². The minimum Gasteiger partial charge on any atom is -0.462 e. The standard InChI is InChI=1S/C14H13NO2/c1-2-17-14(16)13(11-15)10-6-9-12-7-4-3-5-8-12/h3-10H,2H2,1H3. The smallest absolute Gasteiger partial charge is 0.348 e. The average molecular weight is 227 g/mol. The zero-order chi connectivity index (χ0) is 12.5. The van der Waals surface area contributed by atoms with Crippen LogP contribution in [0.2, 0.25) is 0 Å². The van der Waals surface area contributed by atoms with Crippen molar-refractivity contribution in [2.24, 2.45) is 0 Å². The van der Waals surface area contributed by atoms with Gasteiger partial charge in [0.15, 0.2) is 0 Å². The first-order valence-electron chi connectivity index (χ1n) is 5.28. The average Bonchev–Trinajstić information content (AvgIpc) is 2.36. The van der Waals surface area contributed by atoms with Crippen LogP contribution >= 0.6 is 0 Å². The maximum atomic E-state index is 11.3. The summed E-state index contributed by atoms with van der Waals surface area (Å²) in [5.74, 6) is -0.590. The van der Waals surface area contributed by atoms with Crippen LogP contribution in [0, 0.1) is 11.3 Å². The Morgan fingerprint density at radius 3 is 2.71 bits per heavy atom. The molecule has 86 valence electrons. The van der Waals surface area contributed by atoms with Crippen LogP contribution in [0.1, 0.15) is 12.5 Å². The van der Waals surface area contributed by atoms with Gasteiger partial charge in [-0.05, 0) is 18.6 Å². The lowest BCUT2D eigenvalue weighted by Crippen LogP contribution is -2.05. The molecule has 0 atom stereocenters. The van der Waals surface area contributed by atoms with Gasteiger partial charge in [-0.15, -0.1) is 0 Å². The van der Waals surface area contributed by atoms with Gasteiger partial charge in [0, 0.05) is 0 Å². The number of benzene rings is 1. The van der Waals surface area contributed by atoms with Crippen molar-refractivity contribution >= 4 is 12.0 Å². The Bertz CT molecular complexity index is 467. The molecule has 0 fully saturated rings. The first-order valence-corrected chi connectivity index (χ1v) is 5.28. The summed E-state index contributed by atoms with van der Waals surface area (Å²) in [6, 6.07) is 11.4. The first-order chi connectivity index (χ1) is 8.27. The summed E-state index contributed by atoms with van der Waals surface area (Å²) in [5.41, 5.74) is 1.00. The van der Waals surface area contributed by atoms with Crippen molar-refractivity contribution in [3.05, 3.63) is 53.6 Å². The Morgan fingerprint density at radius 1 is 1.41 bits per heavy atom. The van der Waals surface area contributed by atoms with E-state index in [9.17, 15) is 4.79 Å². The summed E-state index contributed by atoms with van der Waals surface area (Å²) < 4.78 is 4.73. The summed E-state index contributed by atoms with van der Waals surface area (Å²) in [5, 5.41) is 8.77. The highest BCUT2D eigenvalue weighted by Crippen LogP contribution is 2.03. The SMILES string of the molecule is CCOC(=O)C(C#N)=CC=Cc1ccccc1. The molecular formula is C14H13NO2. The molecule has 0 aliphatic rings. The molecule has 1 aromatic rings. The van der Waals surface area contributed by atoms with Gasteiger partial charge >= 0.3 is 5.97 Å².